The lowest BCUT2D eigenvalue weighted by Crippen LogP contribution is -2.13. The summed E-state index contributed by atoms with van der Waals surface area (Å²) >= 11 is 2.06. The molecule has 4 nitrogen and oxygen atoms in total. The van der Waals surface area contributed by atoms with Crippen molar-refractivity contribution in [2.45, 2.75) is 6.04 Å². The van der Waals surface area contributed by atoms with E-state index in [4.69, 9.17) is 10.2 Å². The summed E-state index contributed by atoms with van der Waals surface area (Å²) in [6.45, 7) is 0. The highest BCUT2D eigenvalue weighted by Crippen LogP contribution is 2.27. The Bertz CT molecular complexity index is 885. The van der Waals surface area contributed by atoms with Crippen molar-refractivity contribution in [1.29, 1.82) is 0 Å². The molecule has 21 heavy (non-hydrogen) atoms. The zero-order valence-electron chi connectivity index (χ0n) is 11.1. The Morgan fingerprint density at radius 3 is 2.76 bits per heavy atom. The Kier molecular flexibility index (Phi) is 3.58. The third-order valence-electron chi connectivity index (χ3n) is 3.47. The lowest BCUT2D eigenvalue weighted by atomic mass is 9.99. The molecule has 0 aliphatic rings. The van der Waals surface area contributed by atoms with Crippen LogP contribution in [0.4, 0.5) is 4.39 Å². The summed E-state index contributed by atoms with van der Waals surface area (Å²) in [6.07, 6.45) is 0. The van der Waals surface area contributed by atoms with Crippen molar-refractivity contribution < 1.29 is 8.81 Å². The van der Waals surface area contributed by atoms with Crippen LogP contribution in [0.5, 0.6) is 0 Å². The number of hydrogen-bond donors (Lipinski definition) is 1. The SMILES string of the molecule is Cn1c(=O)oc2cc(C(N)c3ccc(F)cc3I)ccc21. The summed E-state index contributed by atoms with van der Waals surface area (Å²) in [5, 5.41) is 0. The largest absolute Gasteiger partial charge is 0.419 e. The van der Waals surface area contributed by atoms with Gasteiger partial charge >= 0.3 is 5.76 Å². The first-order chi connectivity index (χ1) is 9.97. The predicted molar refractivity (Wildman–Crippen MR) is 86.6 cm³/mol. The zero-order chi connectivity index (χ0) is 15.1. The highest BCUT2D eigenvalue weighted by molar-refractivity contribution is 14.1. The molecule has 0 aliphatic heterocycles. The van der Waals surface area contributed by atoms with Gasteiger partial charge in [0.05, 0.1) is 11.6 Å². The molecular formula is C15H12FIN2O2. The predicted octanol–water partition coefficient (Wildman–Crippen LogP) is 2.92. The van der Waals surface area contributed by atoms with E-state index in [2.05, 4.69) is 22.6 Å². The second kappa shape index (κ2) is 5.27. The maximum atomic E-state index is 13.2. The third kappa shape index (κ3) is 2.49. The molecule has 108 valence electrons. The van der Waals surface area contributed by atoms with Crippen LogP contribution < -0.4 is 11.5 Å². The number of hydrogen-bond acceptors (Lipinski definition) is 3. The molecule has 0 fully saturated rings. The van der Waals surface area contributed by atoms with Crippen LogP contribution in [0.15, 0.2) is 45.6 Å². The summed E-state index contributed by atoms with van der Waals surface area (Å²) in [6, 6.07) is 9.49. The molecule has 0 saturated heterocycles. The van der Waals surface area contributed by atoms with E-state index in [1.165, 1.54) is 16.7 Å². The first-order valence-electron chi connectivity index (χ1n) is 6.27. The lowest BCUT2D eigenvalue weighted by molar-refractivity contribution is 0.527. The number of halogens is 2. The minimum Gasteiger partial charge on any atom is -0.408 e. The first-order valence-corrected chi connectivity index (χ1v) is 7.35. The van der Waals surface area contributed by atoms with Crippen LogP contribution in [-0.2, 0) is 7.05 Å². The molecule has 1 atom stereocenters. The van der Waals surface area contributed by atoms with Crippen molar-refractivity contribution >= 4 is 33.7 Å². The Balaban J connectivity index is 2.09. The van der Waals surface area contributed by atoms with Gasteiger partial charge in [0.15, 0.2) is 5.58 Å². The molecule has 2 N–H and O–H groups in total. The fourth-order valence-electron chi connectivity index (χ4n) is 2.28. The van der Waals surface area contributed by atoms with Gasteiger partial charge in [0, 0.05) is 10.6 Å². The zero-order valence-corrected chi connectivity index (χ0v) is 13.3. The van der Waals surface area contributed by atoms with Crippen LogP contribution in [0, 0.1) is 9.39 Å². The normalized spacial score (nSPS) is 12.8. The van der Waals surface area contributed by atoms with E-state index in [-0.39, 0.29) is 5.82 Å². The Morgan fingerprint density at radius 1 is 1.29 bits per heavy atom. The van der Waals surface area contributed by atoms with Crippen molar-refractivity contribution in [3.05, 3.63) is 67.5 Å². The molecule has 0 aliphatic carbocycles. The Morgan fingerprint density at radius 2 is 2.05 bits per heavy atom. The maximum absolute atomic E-state index is 13.2. The molecular weight excluding hydrogens is 386 g/mol. The van der Waals surface area contributed by atoms with E-state index < -0.39 is 11.8 Å². The smallest absolute Gasteiger partial charge is 0.408 e. The van der Waals surface area contributed by atoms with Crippen LogP contribution in [0.2, 0.25) is 0 Å². The number of aromatic nitrogens is 1. The number of fused-ring (bicyclic) bond motifs is 1. The molecule has 1 heterocycles. The number of rotatable bonds is 2. The van der Waals surface area contributed by atoms with Gasteiger partial charge in [-0.05, 0) is 58.0 Å². The van der Waals surface area contributed by atoms with Gasteiger partial charge in [-0.2, -0.15) is 0 Å². The molecule has 1 aromatic heterocycles. The molecule has 0 bridgehead atoms. The van der Waals surface area contributed by atoms with Gasteiger partial charge in [-0.25, -0.2) is 9.18 Å². The van der Waals surface area contributed by atoms with Gasteiger partial charge in [0.2, 0.25) is 0 Å². The summed E-state index contributed by atoms with van der Waals surface area (Å²) < 4.78 is 20.5. The van der Waals surface area contributed by atoms with Crippen molar-refractivity contribution in [1.82, 2.24) is 4.57 Å². The van der Waals surface area contributed by atoms with Gasteiger partial charge in [0.25, 0.3) is 0 Å². The summed E-state index contributed by atoms with van der Waals surface area (Å²) in [5.74, 6) is -0.702. The molecule has 2 aromatic carbocycles. The van der Waals surface area contributed by atoms with E-state index in [9.17, 15) is 9.18 Å². The monoisotopic (exact) mass is 398 g/mol. The number of aryl methyl sites for hydroxylation is 1. The number of nitrogens with two attached hydrogens (primary N) is 1. The van der Waals surface area contributed by atoms with E-state index in [0.717, 1.165) is 14.7 Å². The van der Waals surface area contributed by atoms with Crippen molar-refractivity contribution in [3.63, 3.8) is 0 Å². The molecule has 0 amide bonds. The fourth-order valence-corrected chi connectivity index (χ4v) is 3.09. The quantitative estimate of drug-likeness (QED) is 0.676. The van der Waals surface area contributed by atoms with Crippen molar-refractivity contribution in [3.8, 4) is 0 Å². The van der Waals surface area contributed by atoms with Gasteiger partial charge in [-0.3, -0.25) is 4.57 Å². The summed E-state index contributed by atoms with van der Waals surface area (Å²) in [4.78, 5) is 11.5. The highest BCUT2D eigenvalue weighted by atomic mass is 127. The van der Waals surface area contributed by atoms with E-state index in [1.54, 1.807) is 25.2 Å². The van der Waals surface area contributed by atoms with E-state index in [0.29, 0.717) is 11.1 Å². The summed E-state index contributed by atoms with van der Waals surface area (Å²) in [7, 11) is 1.65. The molecule has 3 rings (SSSR count). The molecule has 0 saturated carbocycles. The van der Waals surface area contributed by atoms with Crippen LogP contribution in [0.25, 0.3) is 11.1 Å². The molecule has 0 spiro atoms. The van der Waals surface area contributed by atoms with E-state index >= 15 is 0 Å². The highest BCUT2D eigenvalue weighted by Gasteiger charge is 2.15. The van der Waals surface area contributed by atoms with Crippen molar-refractivity contribution in [2.75, 3.05) is 0 Å². The van der Waals surface area contributed by atoms with Gasteiger partial charge < -0.3 is 10.2 Å². The standard InChI is InChI=1S/C15H12FIN2O2/c1-19-12-5-2-8(6-13(12)21-15(19)20)14(18)10-4-3-9(16)7-11(10)17/h2-7,14H,18H2,1H3. The summed E-state index contributed by atoms with van der Waals surface area (Å²) in [5.41, 5.74) is 9.09. The number of benzene rings is 2. The first kappa shape index (κ1) is 14.3. The Hall–Kier alpha value is -1.67. The molecule has 6 heteroatoms. The minimum atomic E-state index is -0.410. The average Bonchev–Trinajstić information content (AvgIpc) is 2.73. The number of oxazole rings is 1. The third-order valence-corrected chi connectivity index (χ3v) is 4.41. The molecule has 3 aromatic rings. The Labute approximate surface area is 133 Å². The second-order valence-electron chi connectivity index (χ2n) is 4.80. The van der Waals surface area contributed by atoms with Gasteiger partial charge in [-0.1, -0.05) is 12.1 Å². The van der Waals surface area contributed by atoms with Crippen molar-refractivity contribution in [2.24, 2.45) is 12.8 Å². The molecule has 1 unspecified atom stereocenters. The molecule has 0 radical (unpaired) electrons. The minimum absolute atomic E-state index is 0.292. The number of nitrogens with zero attached hydrogens (tertiary/aromatic N) is 1. The van der Waals surface area contributed by atoms with Crippen LogP contribution >= 0.6 is 22.6 Å². The average molecular weight is 398 g/mol. The maximum Gasteiger partial charge on any atom is 0.419 e. The lowest BCUT2D eigenvalue weighted by Gasteiger charge is -2.14. The van der Waals surface area contributed by atoms with Crippen LogP contribution in [-0.4, -0.2) is 4.57 Å². The van der Waals surface area contributed by atoms with Gasteiger partial charge in [0.1, 0.15) is 5.82 Å². The van der Waals surface area contributed by atoms with Gasteiger partial charge in [-0.15, -0.1) is 0 Å². The topological polar surface area (TPSA) is 61.2 Å². The fraction of sp³-hybridized carbons (Fsp3) is 0.133. The van der Waals surface area contributed by atoms with E-state index in [1.807, 2.05) is 6.07 Å². The van der Waals surface area contributed by atoms with Crippen LogP contribution in [0.3, 0.4) is 0 Å². The second-order valence-corrected chi connectivity index (χ2v) is 5.96. The van der Waals surface area contributed by atoms with Crippen LogP contribution in [0.1, 0.15) is 17.2 Å².